The molecule has 2 fully saturated rings. The van der Waals surface area contributed by atoms with Gasteiger partial charge in [0.1, 0.15) is 6.10 Å². The summed E-state index contributed by atoms with van der Waals surface area (Å²) in [5, 5.41) is 0. The summed E-state index contributed by atoms with van der Waals surface area (Å²) in [5.41, 5.74) is 3.07. The molecule has 1 aromatic carbocycles. The second-order valence-electron chi connectivity index (χ2n) is 6.97. The van der Waals surface area contributed by atoms with E-state index in [2.05, 4.69) is 6.58 Å². The number of carbonyl (C=O) groups excluding carboxylic acids is 1. The third kappa shape index (κ3) is 3.77. The lowest BCUT2D eigenvalue weighted by atomic mass is 9.87. The SMILES string of the molecule is C=C(C)c1ccc(N2CC(C3CCCCCCC3)OC2=O)cc1. The zero-order valence-corrected chi connectivity index (χ0v) is 14.1. The van der Waals surface area contributed by atoms with E-state index in [0.29, 0.717) is 12.5 Å². The van der Waals surface area contributed by atoms with E-state index in [1.807, 2.05) is 31.2 Å². The van der Waals surface area contributed by atoms with Crippen LogP contribution < -0.4 is 4.90 Å². The largest absolute Gasteiger partial charge is 0.444 e. The second kappa shape index (κ2) is 7.20. The molecule has 3 heteroatoms. The van der Waals surface area contributed by atoms with E-state index >= 15 is 0 Å². The van der Waals surface area contributed by atoms with Crippen molar-refractivity contribution in [1.82, 2.24) is 0 Å². The van der Waals surface area contributed by atoms with Gasteiger partial charge in [0.25, 0.3) is 0 Å². The number of nitrogens with zero attached hydrogens (tertiary/aromatic N) is 1. The normalized spacial score (nSPS) is 23.3. The van der Waals surface area contributed by atoms with Gasteiger partial charge >= 0.3 is 6.09 Å². The molecule has 1 aliphatic heterocycles. The van der Waals surface area contributed by atoms with Crippen LogP contribution in [0.1, 0.15) is 57.4 Å². The van der Waals surface area contributed by atoms with E-state index in [1.165, 1.54) is 44.9 Å². The van der Waals surface area contributed by atoms with Crippen LogP contribution in [0.3, 0.4) is 0 Å². The van der Waals surface area contributed by atoms with Crippen LogP contribution in [0, 0.1) is 5.92 Å². The van der Waals surface area contributed by atoms with Crippen LogP contribution in [0.5, 0.6) is 0 Å². The van der Waals surface area contributed by atoms with E-state index < -0.39 is 0 Å². The molecule has 2 aliphatic rings. The molecule has 23 heavy (non-hydrogen) atoms. The molecule has 1 saturated heterocycles. The molecule has 1 aromatic rings. The fourth-order valence-corrected chi connectivity index (χ4v) is 3.73. The van der Waals surface area contributed by atoms with Crippen molar-refractivity contribution in [2.75, 3.05) is 11.4 Å². The lowest BCUT2D eigenvalue weighted by molar-refractivity contribution is 0.0936. The summed E-state index contributed by atoms with van der Waals surface area (Å²) in [5.74, 6) is 0.527. The average molecular weight is 313 g/mol. The highest BCUT2D eigenvalue weighted by atomic mass is 16.6. The molecule has 124 valence electrons. The number of ether oxygens (including phenoxy) is 1. The van der Waals surface area contributed by atoms with Crippen molar-refractivity contribution in [2.45, 2.75) is 58.0 Å². The highest BCUT2D eigenvalue weighted by Gasteiger charge is 2.37. The van der Waals surface area contributed by atoms with Crippen molar-refractivity contribution in [1.29, 1.82) is 0 Å². The molecule has 1 atom stereocenters. The van der Waals surface area contributed by atoms with Crippen LogP contribution in [0.15, 0.2) is 30.8 Å². The summed E-state index contributed by atoms with van der Waals surface area (Å²) in [6.07, 6.45) is 8.80. The Morgan fingerprint density at radius 1 is 1.09 bits per heavy atom. The van der Waals surface area contributed by atoms with Gasteiger partial charge in [-0.25, -0.2) is 4.79 Å². The lowest BCUT2D eigenvalue weighted by Gasteiger charge is -2.23. The first-order valence-electron chi connectivity index (χ1n) is 8.89. The highest BCUT2D eigenvalue weighted by molar-refractivity contribution is 5.90. The molecule has 1 unspecified atom stereocenters. The Kier molecular flexibility index (Phi) is 5.04. The van der Waals surface area contributed by atoms with E-state index in [4.69, 9.17) is 4.74 Å². The van der Waals surface area contributed by atoms with E-state index in [9.17, 15) is 4.79 Å². The predicted molar refractivity (Wildman–Crippen MR) is 94.6 cm³/mol. The Hall–Kier alpha value is -1.77. The molecule has 0 spiro atoms. The maximum absolute atomic E-state index is 12.3. The summed E-state index contributed by atoms with van der Waals surface area (Å²) >= 11 is 0. The molecule has 1 saturated carbocycles. The zero-order valence-electron chi connectivity index (χ0n) is 14.1. The maximum atomic E-state index is 12.3. The third-order valence-corrected chi connectivity index (χ3v) is 5.18. The summed E-state index contributed by atoms with van der Waals surface area (Å²) in [7, 11) is 0. The Morgan fingerprint density at radius 2 is 1.70 bits per heavy atom. The molecule has 0 bridgehead atoms. The van der Waals surface area contributed by atoms with Gasteiger partial charge in [-0.05, 0) is 43.4 Å². The monoisotopic (exact) mass is 313 g/mol. The Balaban J connectivity index is 1.67. The molecule has 0 aromatic heterocycles. The molecule has 1 heterocycles. The van der Waals surface area contributed by atoms with Crippen molar-refractivity contribution < 1.29 is 9.53 Å². The number of benzene rings is 1. The molecule has 3 rings (SSSR count). The van der Waals surface area contributed by atoms with Crippen LogP contribution >= 0.6 is 0 Å². The Bertz CT molecular complexity index is 556. The maximum Gasteiger partial charge on any atom is 0.414 e. The number of cyclic esters (lactones) is 1. The fraction of sp³-hybridized carbons (Fsp3) is 0.550. The molecule has 0 radical (unpaired) electrons. The van der Waals surface area contributed by atoms with Gasteiger partial charge in [0, 0.05) is 5.69 Å². The van der Waals surface area contributed by atoms with Crippen LogP contribution in [0.25, 0.3) is 5.57 Å². The summed E-state index contributed by atoms with van der Waals surface area (Å²) in [6.45, 7) is 6.63. The predicted octanol–water partition coefficient (Wildman–Crippen LogP) is 5.41. The molecule has 1 aliphatic carbocycles. The van der Waals surface area contributed by atoms with Gasteiger partial charge in [0.05, 0.1) is 6.54 Å². The van der Waals surface area contributed by atoms with Gasteiger partial charge in [0.2, 0.25) is 0 Å². The second-order valence-corrected chi connectivity index (χ2v) is 6.97. The summed E-state index contributed by atoms with van der Waals surface area (Å²) < 4.78 is 5.71. The average Bonchev–Trinajstić information content (AvgIpc) is 2.89. The molecular formula is C20H27NO2. The fourth-order valence-electron chi connectivity index (χ4n) is 3.73. The third-order valence-electron chi connectivity index (χ3n) is 5.18. The van der Waals surface area contributed by atoms with E-state index in [0.717, 1.165) is 16.8 Å². The zero-order chi connectivity index (χ0) is 16.2. The number of amides is 1. The van der Waals surface area contributed by atoms with Gasteiger partial charge < -0.3 is 4.74 Å². The van der Waals surface area contributed by atoms with Crippen molar-refractivity contribution in [2.24, 2.45) is 5.92 Å². The summed E-state index contributed by atoms with van der Waals surface area (Å²) in [6, 6.07) is 8.03. The Morgan fingerprint density at radius 3 is 2.30 bits per heavy atom. The minimum absolute atomic E-state index is 0.0569. The van der Waals surface area contributed by atoms with E-state index in [-0.39, 0.29) is 12.2 Å². The van der Waals surface area contributed by atoms with Gasteiger partial charge in [-0.1, -0.05) is 56.4 Å². The van der Waals surface area contributed by atoms with Crippen LogP contribution in [-0.2, 0) is 4.74 Å². The van der Waals surface area contributed by atoms with Gasteiger partial charge in [-0.15, -0.1) is 0 Å². The first-order valence-corrected chi connectivity index (χ1v) is 8.89. The van der Waals surface area contributed by atoms with Crippen molar-refractivity contribution in [3.05, 3.63) is 36.4 Å². The standard InChI is InChI=1S/C20H27NO2/c1-15(2)16-10-12-18(13-11-16)21-14-19(23-20(21)22)17-8-6-4-3-5-7-9-17/h10-13,17,19H,1,3-9,14H2,2H3. The number of rotatable bonds is 3. The van der Waals surface area contributed by atoms with Gasteiger partial charge in [-0.2, -0.15) is 0 Å². The lowest BCUT2D eigenvalue weighted by Crippen LogP contribution is -2.28. The molecule has 3 nitrogen and oxygen atoms in total. The van der Waals surface area contributed by atoms with Crippen molar-refractivity contribution in [3.63, 3.8) is 0 Å². The van der Waals surface area contributed by atoms with Gasteiger partial charge in [0.15, 0.2) is 0 Å². The van der Waals surface area contributed by atoms with E-state index in [1.54, 1.807) is 4.90 Å². The molecule has 0 N–H and O–H groups in total. The van der Waals surface area contributed by atoms with Gasteiger partial charge in [-0.3, -0.25) is 4.90 Å². The minimum atomic E-state index is -0.194. The minimum Gasteiger partial charge on any atom is -0.444 e. The Labute approximate surface area is 139 Å². The van der Waals surface area contributed by atoms with Crippen molar-refractivity contribution in [3.8, 4) is 0 Å². The topological polar surface area (TPSA) is 29.5 Å². The first kappa shape index (κ1) is 16.1. The number of hydrogen-bond acceptors (Lipinski definition) is 2. The first-order chi connectivity index (χ1) is 11.1. The molecule has 1 amide bonds. The highest BCUT2D eigenvalue weighted by Crippen LogP contribution is 2.32. The number of hydrogen-bond donors (Lipinski definition) is 0. The summed E-state index contributed by atoms with van der Waals surface area (Å²) in [4.78, 5) is 14.1. The molecular weight excluding hydrogens is 286 g/mol. The van der Waals surface area contributed by atoms with Crippen LogP contribution in [-0.4, -0.2) is 18.7 Å². The van der Waals surface area contributed by atoms with Crippen LogP contribution in [0.4, 0.5) is 10.5 Å². The number of anilines is 1. The number of allylic oxidation sites excluding steroid dienone is 1. The van der Waals surface area contributed by atoms with Crippen molar-refractivity contribution >= 4 is 17.4 Å². The smallest absolute Gasteiger partial charge is 0.414 e. The van der Waals surface area contributed by atoms with Crippen LogP contribution in [0.2, 0.25) is 0 Å². The quantitative estimate of drug-likeness (QED) is 0.747. The number of carbonyl (C=O) groups is 1.